The van der Waals surface area contributed by atoms with E-state index in [4.69, 9.17) is 54.5 Å². The fourth-order valence-corrected chi connectivity index (χ4v) is 20.2. The Kier molecular flexibility index (Phi) is 24.4. The molecule has 0 spiro atoms. The minimum absolute atomic E-state index is 0. The third-order valence-corrected chi connectivity index (χ3v) is 25.0. The number of aryl methyl sites for hydroxylation is 4. The topological polar surface area (TPSA) is 250 Å². The number of fused-ring (bicyclic) bond motifs is 13. The number of ketones is 2. The monoisotopic (exact) mass is 1500 g/mol. The van der Waals surface area contributed by atoms with Gasteiger partial charge in [-0.15, -0.1) is 0 Å². The number of nitrogens with zero attached hydrogens (tertiary/aromatic N) is 11. The van der Waals surface area contributed by atoms with Gasteiger partial charge in [0.25, 0.3) is 5.97 Å². The predicted molar refractivity (Wildman–Crippen MR) is 424 cm³/mol. The molecule has 9 aromatic rings. The van der Waals surface area contributed by atoms with Crippen LogP contribution in [0.15, 0.2) is 192 Å². The fraction of sp³-hybridized carbons (Fsp3) is 0.427. The van der Waals surface area contributed by atoms with Crippen molar-refractivity contribution in [2.45, 2.75) is 195 Å². The normalized spacial score (nSPS) is 25.5. The first-order valence-electron chi connectivity index (χ1n) is 38.1. The third-order valence-electron chi connectivity index (χ3n) is 25.0. The molecule has 8 aliphatic carbocycles. The molecule has 0 amide bonds. The number of aromatic nitrogens is 9. The molecule has 110 heavy (non-hydrogen) atoms. The van der Waals surface area contributed by atoms with E-state index in [-0.39, 0.29) is 105 Å². The van der Waals surface area contributed by atoms with Crippen LogP contribution in [0.2, 0.25) is 0 Å². The van der Waals surface area contributed by atoms with Gasteiger partial charge in [-0.3, -0.25) is 9.59 Å². The summed E-state index contributed by atoms with van der Waals surface area (Å²) >= 11 is 0. The van der Waals surface area contributed by atoms with Gasteiger partial charge in [0, 0.05) is 94.6 Å². The number of para-hydroxylation sites is 4. The summed E-state index contributed by atoms with van der Waals surface area (Å²) in [7, 11) is 2.68. The van der Waals surface area contributed by atoms with Crippen LogP contribution >= 0.6 is 0 Å². The molecule has 1 saturated carbocycles. The first-order valence-corrected chi connectivity index (χ1v) is 37.1. The van der Waals surface area contributed by atoms with Gasteiger partial charge in [0.1, 0.15) is 11.5 Å². The standard InChI is InChI=1S/2C21H23N3O.C21H21N3O.C21H24N2O2.C2H4O2.CH5NO.CH4.CH3.Na/c1-20(2)17-10-9-14-13-24(16-7-5-4-6-8-16)23-18(14)21(17,3)11-15-12-22-25-19(15)20;2*1-20(2)17-11-10-14-13-24(15-8-6-5-7-9-15)23-18(14)21(17,3)12-16(22-4)19(20)25;1-20(2)17-10-9-14-12-23(16-7-5-4-6-8-16)22-18(14)21(17,3)11-15(13-24)19(20)25;1-2(3)4;1-2-3;;;/h4-8,12-13,17H,9-11H2,1-3H3;5-9,13,17,25H,10-12H2,1-3H3;5-9,12-13,17H,10-11H2,1-3H3;4-8,12-13,17,24H,9-11H2,1-3H3;1H3,(H,3,4);2-3H,1H3;1H4;1H3;/q;;;;;;;-1;+1/b;;;15-13-;;;;;/t4*17-,21-;;;;;/m0000...../s1/i;;;;;;1T;;. The van der Waals surface area contributed by atoms with Crippen LogP contribution in [0.25, 0.3) is 32.4 Å². The van der Waals surface area contributed by atoms with Crippen LogP contribution in [0.5, 0.6) is 0 Å². The first kappa shape index (κ1) is 82.9. The van der Waals surface area contributed by atoms with E-state index in [9.17, 15) is 19.8 Å². The number of carboxylic acids is 1. The minimum atomic E-state index is -0.833. The Morgan fingerprint density at radius 1 is 0.545 bits per heavy atom. The van der Waals surface area contributed by atoms with E-state index in [1.165, 1.54) is 48.0 Å². The van der Waals surface area contributed by atoms with Crippen LogP contribution < -0.4 is 35.0 Å². The van der Waals surface area contributed by atoms with Gasteiger partial charge in [0.05, 0.1) is 71.1 Å². The van der Waals surface area contributed by atoms with E-state index in [0.29, 0.717) is 30.0 Å². The summed E-state index contributed by atoms with van der Waals surface area (Å²) in [6, 6.07) is 40.7. The van der Waals surface area contributed by atoms with Gasteiger partial charge in [-0.05, 0) is 165 Å². The second-order valence-electron chi connectivity index (χ2n) is 33.2. The quantitative estimate of drug-likeness (QED) is 0.0361. The number of Topliss-reactive ketones (excluding diaryl/α,β-unsaturated/α-hetero) is 2. The molecule has 20 nitrogen and oxygen atoms in total. The molecule has 5 N–H and O–H groups in total. The van der Waals surface area contributed by atoms with E-state index < -0.39 is 22.2 Å². The molecule has 8 aliphatic rings. The Balaban J connectivity index is 0.000000163. The Hall–Kier alpha value is -9.54. The van der Waals surface area contributed by atoms with Crippen LogP contribution in [0, 0.1) is 60.5 Å². The number of carbonyl (C=O) groups is 3. The number of carboxylic acid groups (broad SMARTS) is 1. The van der Waals surface area contributed by atoms with Crippen LogP contribution in [0.4, 0.5) is 0 Å². The number of rotatable bonds is 4. The van der Waals surface area contributed by atoms with E-state index in [0.717, 1.165) is 117 Å². The van der Waals surface area contributed by atoms with Gasteiger partial charge in [-0.25, -0.2) is 33.9 Å². The summed E-state index contributed by atoms with van der Waals surface area (Å²) < 4.78 is 19.3. The number of hydrogen-bond acceptors (Lipinski definition) is 13. The van der Waals surface area contributed by atoms with Crippen molar-refractivity contribution in [1.82, 2.24) is 49.8 Å². The summed E-state index contributed by atoms with van der Waals surface area (Å²) in [6.45, 7) is 41.7. The van der Waals surface area contributed by atoms with Gasteiger partial charge in [0.2, 0.25) is 11.4 Å². The Morgan fingerprint density at radius 2 is 0.882 bits per heavy atom. The van der Waals surface area contributed by atoms with Crippen molar-refractivity contribution in [3.63, 3.8) is 0 Å². The number of aliphatic hydroxyl groups excluding tert-OH is 2. The maximum atomic E-state index is 12.8. The van der Waals surface area contributed by atoms with E-state index in [2.05, 4.69) is 136 Å². The maximum Gasteiger partial charge on any atom is 1.00 e. The van der Waals surface area contributed by atoms with Gasteiger partial charge in [-0.2, -0.15) is 20.4 Å². The van der Waals surface area contributed by atoms with Gasteiger partial charge in [0.15, 0.2) is 11.6 Å². The first-order chi connectivity index (χ1) is 51.8. The zero-order valence-electron chi connectivity index (χ0n) is 68.0. The molecule has 0 radical (unpaired) electrons. The summed E-state index contributed by atoms with van der Waals surface area (Å²) in [5.41, 5.74) is 15.8. The maximum absolute atomic E-state index is 12.8. The average molecular weight is 1500 g/mol. The Bertz CT molecular complexity index is 5010. The fourth-order valence-electron chi connectivity index (χ4n) is 20.2. The van der Waals surface area contributed by atoms with E-state index in [1.54, 1.807) is 5.48 Å². The summed E-state index contributed by atoms with van der Waals surface area (Å²) in [5.74, 6) is 1.72. The van der Waals surface area contributed by atoms with E-state index >= 15 is 0 Å². The molecule has 17 rings (SSSR count). The molecular formula is C89H107N12NaO8. The van der Waals surface area contributed by atoms with Crippen molar-refractivity contribution in [2.24, 2.45) is 39.9 Å². The second kappa shape index (κ2) is 32.4. The molecule has 1 fully saturated rings. The smallest absolute Gasteiger partial charge is 0.523 e. The molecule has 0 aliphatic heterocycles. The third kappa shape index (κ3) is 14.9. The van der Waals surface area contributed by atoms with Crippen molar-refractivity contribution in [2.75, 3.05) is 7.05 Å². The number of carbonyl (C=O) groups excluding carboxylic acids is 2. The largest absolute Gasteiger partial charge is 1.00 e. The molecule has 21 heteroatoms. The average Bonchev–Trinajstić information content (AvgIpc) is 1.72. The molecule has 8 atom stereocenters. The van der Waals surface area contributed by atoms with Crippen molar-refractivity contribution >= 4 is 17.5 Å². The van der Waals surface area contributed by atoms with Crippen molar-refractivity contribution in [3.05, 3.63) is 274 Å². The molecule has 0 bridgehead atoms. The van der Waals surface area contributed by atoms with Crippen molar-refractivity contribution < 1.29 is 70.4 Å². The Labute approximate surface area is 672 Å². The summed E-state index contributed by atoms with van der Waals surface area (Å²) in [5, 5.41) is 58.9. The molecule has 572 valence electrons. The van der Waals surface area contributed by atoms with Crippen LogP contribution in [-0.4, -0.2) is 89.4 Å². The SMILES string of the molecule is CC(=O)O.CC1(C)C(=O)/C(=C\O)C[C@]2(C)c3nn(-c4ccccc4)cc3CC[C@@H]12.CC1(C)c2oncc2C[C@]2(C)c3nn(-c4ccccc4)cc3CC[C@@H]12.CNO.[3H]C.[C-]#[N+]C1=C(O)C(C)(C)[C@@H]2CCc3cn(-c4ccccc4)nc3[C@@]2(C)C1.[C-]#[N+]C1=C[C@]2(C)c3nn(-c4ccccc4)cc3CC[C@H]2C(C)(C)C1=O.[CH3-].[Na+]. The van der Waals surface area contributed by atoms with Gasteiger partial charge < -0.3 is 37.3 Å². The number of benzene rings is 4. The van der Waals surface area contributed by atoms with Crippen LogP contribution in [0.1, 0.15) is 194 Å². The van der Waals surface area contributed by atoms with Gasteiger partial charge in [-0.1, -0.05) is 175 Å². The number of hydroxylamine groups is 1. The molecule has 4 aromatic carbocycles. The molecule has 5 aromatic heterocycles. The number of allylic oxidation sites excluding steroid dienone is 5. The van der Waals surface area contributed by atoms with Crippen LogP contribution in [-0.2, 0) is 73.6 Å². The number of hydrogen-bond donors (Lipinski definition) is 5. The zero-order chi connectivity index (χ0) is 79.0. The molecule has 0 saturated heterocycles. The minimum Gasteiger partial charge on any atom is -0.523 e. The summed E-state index contributed by atoms with van der Waals surface area (Å²) in [4.78, 5) is 41.6. The van der Waals surface area contributed by atoms with Gasteiger partial charge >= 0.3 is 29.6 Å². The predicted octanol–water partition coefficient (Wildman–Crippen LogP) is 15.0. The van der Waals surface area contributed by atoms with Crippen molar-refractivity contribution in [3.8, 4) is 22.7 Å². The number of aliphatic carboxylic acids is 1. The van der Waals surface area contributed by atoms with E-state index in [1.807, 2.05) is 139 Å². The van der Waals surface area contributed by atoms with Crippen LogP contribution in [0.3, 0.4) is 0 Å². The Morgan fingerprint density at radius 3 is 1.26 bits per heavy atom. The molecule has 0 unspecified atom stereocenters. The number of nitrogens with one attached hydrogen (secondary N) is 1. The number of aliphatic hydroxyl groups is 2. The molecular weight excluding hydrogens is 1390 g/mol. The van der Waals surface area contributed by atoms with Crippen molar-refractivity contribution in [1.29, 1.82) is 0 Å². The second-order valence-corrected chi connectivity index (χ2v) is 33.2. The molecule has 5 heterocycles. The summed E-state index contributed by atoms with van der Waals surface area (Å²) in [6.07, 6.45) is 23.4. The zero-order valence-corrected chi connectivity index (χ0v) is 69.0.